The van der Waals surface area contributed by atoms with E-state index >= 15 is 0 Å². The molecule has 0 bridgehead atoms. The van der Waals surface area contributed by atoms with Crippen molar-refractivity contribution >= 4 is 21.6 Å². The lowest BCUT2D eigenvalue weighted by atomic mass is 10.0. The first-order valence-corrected chi connectivity index (χ1v) is 6.76. The van der Waals surface area contributed by atoms with Crippen molar-refractivity contribution in [2.45, 2.75) is 32.6 Å². The fraction of sp³-hybridized carbons (Fsp3) is 1.00. The molecule has 0 aromatic carbocycles. The molecule has 1 N–H and O–H groups in total. The van der Waals surface area contributed by atoms with E-state index in [4.69, 9.17) is 11.6 Å². The third-order valence-corrected chi connectivity index (χ3v) is 4.28. The monoisotopic (exact) mass is 225 g/mol. The molecule has 0 aromatic heterocycles. The summed E-state index contributed by atoms with van der Waals surface area (Å²) >= 11 is 5.27. The van der Waals surface area contributed by atoms with Crippen molar-refractivity contribution < 1.29 is 8.42 Å². The molecule has 5 heteroatoms. The third-order valence-electron chi connectivity index (χ3n) is 2.55. The van der Waals surface area contributed by atoms with Gasteiger partial charge in [-0.05, 0) is 24.7 Å². The van der Waals surface area contributed by atoms with E-state index in [1.54, 1.807) is 0 Å². The molecule has 1 rings (SSSR count). The number of nitrogens with one attached hydrogen (secondary N) is 1. The van der Waals surface area contributed by atoms with E-state index in [0.717, 1.165) is 25.7 Å². The summed E-state index contributed by atoms with van der Waals surface area (Å²) in [5, 5.41) is -0.338. The van der Waals surface area contributed by atoms with Crippen LogP contribution < -0.4 is 4.72 Å². The number of sulfonamides is 1. The van der Waals surface area contributed by atoms with E-state index in [1.165, 1.54) is 0 Å². The van der Waals surface area contributed by atoms with E-state index in [2.05, 4.69) is 11.6 Å². The number of halogens is 1. The Hall–Kier alpha value is 0.200. The van der Waals surface area contributed by atoms with Crippen molar-refractivity contribution in [3.63, 3.8) is 0 Å². The zero-order chi connectivity index (χ0) is 9.95. The highest BCUT2D eigenvalue weighted by molar-refractivity contribution is 7.90. The molecule has 1 fully saturated rings. The third kappa shape index (κ3) is 3.44. The number of hydrogen-bond donors (Lipinski definition) is 1. The van der Waals surface area contributed by atoms with Crippen LogP contribution >= 0.6 is 11.6 Å². The Labute approximate surface area is 84.9 Å². The number of hydrogen-bond acceptors (Lipinski definition) is 2. The van der Waals surface area contributed by atoms with E-state index < -0.39 is 10.0 Å². The summed E-state index contributed by atoms with van der Waals surface area (Å²) in [6.07, 6.45) is 4.51. The van der Waals surface area contributed by atoms with Gasteiger partial charge < -0.3 is 0 Å². The first kappa shape index (κ1) is 11.3. The Morgan fingerprint density at radius 3 is 2.46 bits per heavy atom. The lowest BCUT2D eigenvalue weighted by molar-refractivity contribution is 0.450. The molecule has 0 unspecified atom stereocenters. The van der Waals surface area contributed by atoms with E-state index in [1.807, 2.05) is 0 Å². The predicted molar refractivity (Wildman–Crippen MR) is 54.2 cm³/mol. The van der Waals surface area contributed by atoms with Gasteiger partial charge in [0.1, 0.15) is 5.21 Å². The van der Waals surface area contributed by atoms with Gasteiger partial charge in [0.15, 0.2) is 0 Å². The van der Waals surface area contributed by atoms with Crippen LogP contribution in [0.15, 0.2) is 0 Å². The van der Waals surface area contributed by atoms with Crippen LogP contribution in [-0.2, 0) is 10.0 Å². The Morgan fingerprint density at radius 2 is 2.08 bits per heavy atom. The normalized spacial score (nSPS) is 20.2. The Kier molecular flexibility index (Phi) is 3.60. The topological polar surface area (TPSA) is 46.2 Å². The molecule has 0 aromatic rings. The van der Waals surface area contributed by atoms with Gasteiger partial charge in [-0.25, -0.2) is 13.1 Å². The summed E-state index contributed by atoms with van der Waals surface area (Å²) in [4.78, 5) is 0. The van der Waals surface area contributed by atoms with Gasteiger partial charge in [0.2, 0.25) is 10.0 Å². The molecular weight excluding hydrogens is 210 g/mol. The SMILES string of the molecule is CCCC1(CNS(=O)(=O)CCl)CC1. The van der Waals surface area contributed by atoms with Crippen LogP contribution in [0.1, 0.15) is 32.6 Å². The minimum Gasteiger partial charge on any atom is -0.214 e. The number of rotatable bonds is 6. The zero-order valence-electron chi connectivity index (χ0n) is 7.85. The molecule has 0 amide bonds. The largest absolute Gasteiger partial charge is 0.225 e. The van der Waals surface area contributed by atoms with Gasteiger partial charge >= 0.3 is 0 Å². The second kappa shape index (κ2) is 4.15. The minimum atomic E-state index is -3.22. The van der Waals surface area contributed by atoms with E-state index in [9.17, 15) is 8.42 Å². The second-order valence-corrected chi connectivity index (χ2v) is 6.19. The van der Waals surface area contributed by atoms with Gasteiger partial charge in [0.05, 0.1) is 0 Å². The highest BCUT2D eigenvalue weighted by atomic mass is 35.5. The van der Waals surface area contributed by atoms with Crippen molar-refractivity contribution in [3.05, 3.63) is 0 Å². The van der Waals surface area contributed by atoms with Gasteiger partial charge in [-0.15, -0.1) is 11.6 Å². The smallest absolute Gasteiger partial charge is 0.214 e. The molecule has 0 radical (unpaired) electrons. The van der Waals surface area contributed by atoms with Crippen LogP contribution in [0.5, 0.6) is 0 Å². The average Bonchev–Trinajstić information content (AvgIpc) is 2.84. The van der Waals surface area contributed by atoms with Crippen LogP contribution in [0.4, 0.5) is 0 Å². The molecule has 13 heavy (non-hydrogen) atoms. The van der Waals surface area contributed by atoms with E-state index in [-0.39, 0.29) is 10.6 Å². The average molecular weight is 226 g/mol. The Bertz CT molecular complexity index is 259. The molecule has 0 atom stereocenters. The summed E-state index contributed by atoms with van der Waals surface area (Å²) in [5.74, 6) is 0. The summed E-state index contributed by atoms with van der Waals surface area (Å²) < 4.78 is 24.6. The molecule has 1 aliphatic rings. The lowest BCUT2D eigenvalue weighted by Gasteiger charge is -2.13. The highest BCUT2D eigenvalue weighted by Crippen LogP contribution is 2.48. The van der Waals surface area contributed by atoms with Crippen molar-refractivity contribution in [3.8, 4) is 0 Å². The predicted octanol–water partition coefficient (Wildman–Crippen LogP) is 1.68. The molecule has 0 heterocycles. The molecule has 1 aliphatic carbocycles. The maximum absolute atomic E-state index is 11.0. The summed E-state index contributed by atoms with van der Waals surface area (Å²) in [6, 6.07) is 0. The van der Waals surface area contributed by atoms with Gasteiger partial charge in [-0.1, -0.05) is 13.3 Å². The summed E-state index contributed by atoms with van der Waals surface area (Å²) in [5.41, 5.74) is 0.258. The molecular formula is C8H16ClNO2S. The van der Waals surface area contributed by atoms with Crippen molar-refractivity contribution in [2.75, 3.05) is 11.8 Å². The Morgan fingerprint density at radius 1 is 1.46 bits per heavy atom. The molecule has 78 valence electrons. The molecule has 0 spiro atoms. The van der Waals surface area contributed by atoms with Gasteiger partial charge in [0, 0.05) is 6.54 Å². The van der Waals surface area contributed by atoms with Gasteiger partial charge in [-0.3, -0.25) is 0 Å². The van der Waals surface area contributed by atoms with Crippen LogP contribution in [0.3, 0.4) is 0 Å². The molecule has 0 saturated heterocycles. The van der Waals surface area contributed by atoms with Gasteiger partial charge in [-0.2, -0.15) is 0 Å². The van der Waals surface area contributed by atoms with Crippen LogP contribution in [0.2, 0.25) is 0 Å². The fourth-order valence-electron chi connectivity index (χ4n) is 1.52. The maximum Gasteiger partial charge on any atom is 0.225 e. The van der Waals surface area contributed by atoms with Gasteiger partial charge in [0.25, 0.3) is 0 Å². The van der Waals surface area contributed by atoms with Crippen molar-refractivity contribution in [2.24, 2.45) is 5.41 Å². The lowest BCUT2D eigenvalue weighted by Crippen LogP contribution is -2.30. The first-order valence-electron chi connectivity index (χ1n) is 4.57. The van der Waals surface area contributed by atoms with Crippen molar-refractivity contribution in [1.29, 1.82) is 0 Å². The zero-order valence-corrected chi connectivity index (χ0v) is 9.42. The highest BCUT2D eigenvalue weighted by Gasteiger charge is 2.41. The maximum atomic E-state index is 11.0. The first-order chi connectivity index (χ1) is 6.04. The van der Waals surface area contributed by atoms with Crippen molar-refractivity contribution in [1.82, 2.24) is 4.72 Å². The minimum absolute atomic E-state index is 0.258. The fourth-order valence-corrected chi connectivity index (χ4v) is 2.36. The van der Waals surface area contributed by atoms with Crippen LogP contribution in [0, 0.1) is 5.41 Å². The van der Waals surface area contributed by atoms with E-state index in [0.29, 0.717) is 6.54 Å². The number of alkyl halides is 1. The standard InChI is InChI=1S/C8H16ClNO2S/c1-2-3-8(4-5-8)6-10-13(11,12)7-9/h10H,2-7H2,1H3. The molecule has 1 saturated carbocycles. The summed E-state index contributed by atoms with van der Waals surface area (Å²) in [7, 11) is -3.22. The second-order valence-electron chi connectivity index (χ2n) is 3.79. The molecule has 3 nitrogen and oxygen atoms in total. The quantitative estimate of drug-likeness (QED) is 0.700. The summed E-state index contributed by atoms with van der Waals surface area (Å²) in [6.45, 7) is 2.69. The Balaban J connectivity index is 2.34. The van der Waals surface area contributed by atoms with Crippen LogP contribution in [0.25, 0.3) is 0 Å². The van der Waals surface area contributed by atoms with Crippen LogP contribution in [-0.4, -0.2) is 20.2 Å². The molecule has 0 aliphatic heterocycles.